The molecule has 0 N–H and O–H groups in total. The predicted octanol–water partition coefficient (Wildman–Crippen LogP) is 5.19. The fourth-order valence-corrected chi connectivity index (χ4v) is 2.82. The van der Waals surface area contributed by atoms with Crippen LogP contribution in [0.1, 0.15) is 21.5 Å². The number of carbonyl (C=O) groups is 1. The number of carbonyl (C=O) groups excluding carboxylic acids is 1. The highest BCUT2D eigenvalue weighted by atomic mass is 35.5. The topological polar surface area (TPSA) is 87.9 Å². The molecule has 0 atom stereocenters. The molecule has 0 aromatic heterocycles. The van der Waals surface area contributed by atoms with Gasteiger partial charge < -0.3 is 14.2 Å². The van der Waals surface area contributed by atoms with E-state index in [4.69, 9.17) is 25.8 Å². The number of hydrogen-bond donors (Lipinski definition) is 0. The number of ether oxygens (including phenoxy) is 3. The van der Waals surface area contributed by atoms with Gasteiger partial charge in [0.2, 0.25) is 0 Å². The Balaban J connectivity index is 1.63. The number of methoxy groups -OCH3 is 1. The zero-order valence-electron chi connectivity index (χ0n) is 16.0. The number of nitrogens with zero attached hydrogens (tertiary/aromatic N) is 1. The van der Waals surface area contributed by atoms with Crippen LogP contribution in [0.25, 0.3) is 0 Å². The van der Waals surface area contributed by atoms with Crippen LogP contribution >= 0.6 is 11.6 Å². The van der Waals surface area contributed by atoms with Gasteiger partial charge in [-0.05, 0) is 42.0 Å². The van der Waals surface area contributed by atoms with Crippen LogP contribution in [-0.4, -0.2) is 18.0 Å². The minimum absolute atomic E-state index is 0.0100. The summed E-state index contributed by atoms with van der Waals surface area (Å²) in [6.07, 6.45) is 0. The fourth-order valence-electron chi connectivity index (χ4n) is 2.63. The van der Waals surface area contributed by atoms with E-state index in [2.05, 4.69) is 0 Å². The Morgan fingerprint density at radius 1 is 1.00 bits per heavy atom. The molecule has 0 saturated carbocycles. The zero-order valence-corrected chi connectivity index (χ0v) is 16.8. The first-order valence-corrected chi connectivity index (χ1v) is 9.30. The van der Waals surface area contributed by atoms with Gasteiger partial charge in [-0.2, -0.15) is 0 Å². The Hall–Kier alpha value is -3.58. The van der Waals surface area contributed by atoms with E-state index in [1.807, 2.05) is 18.2 Å². The normalized spacial score (nSPS) is 10.3. The first-order valence-electron chi connectivity index (χ1n) is 8.92. The van der Waals surface area contributed by atoms with Gasteiger partial charge in [0.25, 0.3) is 5.69 Å². The van der Waals surface area contributed by atoms with Gasteiger partial charge in [-0.15, -0.1) is 0 Å². The lowest BCUT2D eigenvalue weighted by atomic mass is 10.2. The number of hydrogen-bond acceptors (Lipinski definition) is 6. The summed E-state index contributed by atoms with van der Waals surface area (Å²) in [5.74, 6) is 0.292. The van der Waals surface area contributed by atoms with E-state index >= 15 is 0 Å². The Morgan fingerprint density at radius 3 is 2.40 bits per heavy atom. The summed E-state index contributed by atoms with van der Waals surface area (Å²) in [4.78, 5) is 22.6. The number of non-ortho nitro benzene ring substituents is 1. The highest BCUT2D eigenvalue weighted by molar-refractivity contribution is 6.31. The molecule has 3 rings (SSSR count). The third kappa shape index (κ3) is 5.27. The van der Waals surface area contributed by atoms with Crippen molar-refractivity contribution in [2.24, 2.45) is 0 Å². The number of esters is 1. The van der Waals surface area contributed by atoms with E-state index in [1.165, 1.54) is 37.4 Å². The number of rotatable bonds is 8. The van der Waals surface area contributed by atoms with Crippen molar-refractivity contribution in [3.05, 3.63) is 98.6 Å². The second-order valence-corrected chi connectivity index (χ2v) is 6.65. The molecule has 3 aromatic rings. The highest BCUT2D eigenvalue weighted by Crippen LogP contribution is 2.30. The van der Waals surface area contributed by atoms with E-state index < -0.39 is 10.9 Å². The number of halogens is 1. The first-order chi connectivity index (χ1) is 14.5. The van der Waals surface area contributed by atoms with Gasteiger partial charge in [0.15, 0.2) is 11.5 Å². The van der Waals surface area contributed by atoms with Crippen molar-refractivity contribution in [3.8, 4) is 11.5 Å². The average Bonchev–Trinajstić information content (AvgIpc) is 2.77. The predicted molar refractivity (Wildman–Crippen MR) is 111 cm³/mol. The van der Waals surface area contributed by atoms with Crippen molar-refractivity contribution < 1.29 is 23.9 Å². The summed E-state index contributed by atoms with van der Waals surface area (Å²) in [5.41, 5.74) is 1.73. The zero-order chi connectivity index (χ0) is 21.5. The van der Waals surface area contributed by atoms with Crippen molar-refractivity contribution in [2.75, 3.05) is 7.11 Å². The summed E-state index contributed by atoms with van der Waals surface area (Å²) in [6.45, 7) is 0.240. The van der Waals surface area contributed by atoms with Gasteiger partial charge in [0, 0.05) is 22.7 Å². The molecule has 154 valence electrons. The van der Waals surface area contributed by atoms with Crippen LogP contribution in [0, 0.1) is 10.1 Å². The molecule has 0 fully saturated rings. The molecule has 0 unspecified atom stereocenters. The van der Waals surface area contributed by atoms with Crippen molar-refractivity contribution >= 4 is 23.3 Å². The number of benzene rings is 3. The molecule has 7 nitrogen and oxygen atoms in total. The average molecular weight is 428 g/mol. The van der Waals surface area contributed by atoms with E-state index in [1.54, 1.807) is 18.2 Å². The van der Waals surface area contributed by atoms with Crippen LogP contribution in [-0.2, 0) is 18.0 Å². The molecule has 0 heterocycles. The van der Waals surface area contributed by atoms with Gasteiger partial charge in [-0.25, -0.2) is 4.79 Å². The minimum Gasteiger partial charge on any atom is -0.493 e. The fraction of sp³-hybridized carbons (Fsp3) is 0.136. The molecule has 3 aromatic carbocycles. The van der Waals surface area contributed by atoms with Crippen molar-refractivity contribution in [1.82, 2.24) is 0 Å². The summed E-state index contributed by atoms with van der Waals surface area (Å²) in [5, 5.41) is 11.3. The van der Waals surface area contributed by atoms with Crippen molar-refractivity contribution in [2.45, 2.75) is 13.2 Å². The molecule has 0 amide bonds. The number of nitro groups is 1. The Labute approximate surface area is 177 Å². The standard InChI is InChI=1S/C22H18ClNO6/c1-28-21-12-16(8-11-20(21)29-14-17-4-2-3-5-19(17)23)22(25)30-13-15-6-9-18(10-7-15)24(26)27/h2-12H,13-14H2,1H3. The lowest BCUT2D eigenvalue weighted by molar-refractivity contribution is -0.384. The van der Waals surface area contributed by atoms with Crippen LogP contribution in [0.15, 0.2) is 66.7 Å². The summed E-state index contributed by atoms with van der Waals surface area (Å²) in [7, 11) is 1.48. The Bertz CT molecular complexity index is 1050. The van der Waals surface area contributed by atoms with Gasteiger partial charge in [0.1, 0.15) is 13.2 Å². The maximum absolute atomic E-state index is 12.4. The third-order valence-electron chi connectivity index (χ3n) is 4.26. The first kappa shape index (κ1) is 21.1. The second-order valence-electron chi connectivity index (χ2n) is 6.25. The maximum atomic E-state index is 12.4. The van der Waals surface area contributed by atoms with Crippen LogP contribution in [0.4, 0.5) is 5.69 Å². The smallest absolute Gasteiger partial charge is 0.338 e. The SMILES string of the molecule is COc1cc(C(=O)OCc2ccc([N+](=O)[O-])cc2)ccc1OCc1ccccc1Cl. The second kappa shape index (κ2) is 9.76. The van der Waals surface area contributed by atoms with Crippen LogP contribution in [0.3, 0.4) is 0 Å². The lowest BCUT2D eigenvalue weighted by Gasteiger charge is -2.13. The largest absolute Gasteiger partial charge is 0.493 e. The van der Waals surface area contributed by atoms with E-state index in [0.717, 1.165) is 5.56 Å². The van der Waals surface area contributed by atoms with Gasteiger partial charge >= 0.3 is 5.97 Å². The molecule has 30 heavy (non-hydrogen) atoms. The monoisotopic (exact) mass is 427 g/mol. The molecule has 0 aliphatic rings. The van der Waals surface area contributed by atoms with E-state index in [-0.39, 0.29) is 18.9 Å². The quantitative estimate of drug-likeness (QED) is 0.279. The van der Waals surface area contributed by atoms with Crippen molar-refractivity contribution in [3.63, 3.8) is 0 Å². The maximum Gasteiger partial charge on any atom is 0.338 e. The summed E-state index contributed by atoms with van der Waals surface area (Å²) >= 11 is 6.13. The molecule has 0 saturated heterocycles. The molecule has 0 spiro atoms. The Kier molecular flexibility index (Phi) is 6.87. The number of nitro benzene ring substituents is 1. The van der Waals surface area contributed by atoms with E-state index in [9.17, 15) is 14.9 Å². The minimum atomic E-state index is -0.552. The lowest BCUT2D eigenvalue weighted by Crippen LogP contribution is -2.06. The van der Waals surface area contributed by atoms with Gasteiger partial charge in [-0.1, -0.05) is 29.8 Å². The molecule has 8 heteroatoms. The highest BCUT2D eigenvalue weighted by Gasteiger charge is 2.14. The van der Waals surface area contributed by atoms with Gasteiger partial charge in [0.05, 0.1) is 17.6 Å². The van der Waals surface area contributed by atoms with Gasteiger partial charge in [-0.3, -0.25) is 10.1 Å². The van der Waals surface area contributed by atoms with Crippen LogP contribution in [0.2, 0.25) is 5.02 Å². The molecule has 0 radical (unpaired) electrons. The molecule has 0 aliphatic carbocycles. The molecular formula is C22H18ClNO6. The van der Waals surface area contributed by atoms with Crippen molar-refractivity contribution in [1.29, 1.82) is 0 Å². The summed E-state index contributed by atoms with van der Waals surface area (Å²) in [6, 6.07) is 17.9. The van der Waals surface area contributed by atoms with E-state index in [0.29, 0.717) is 27.6 Å². The Morgan fingerprint density at radius 2 is 1.73 bits per heavy atom. The van der Waals surface area contributed by atoms with Crippen LogP contribution < -0.4 is 9.47 Å². The molecule has 0 bridgehead atoms. The van der Waals surface area contributed by atoms with Crippen LogP contribution in [0.5, 0.6) is 11.5 Å². The summed E-state index contributed by atoms with van der Waals surface area (Å²) < 4.78 is 16.4. The molecule has 0 aliphatic heterocycles. The molecular weight excluding hydrogens is 410 g/mol. The third-order valence-corrected chi connectivity index (χ3v) is 4.63.